The number of amides is 1. The summed E-state index contributed by atoms with van der Waals surface area (Å²) in [6.07, 6.45) is -5.23. The maximum atomic E-state index is 12.6. The van der Waals surface area contributed by atoms with Crippen LogP contribution in [0.1, 0.15) is 25.8 Å². The monoisotopic (exact) mass is 305 g/mol. The molecule has 4 nitrogen and oxygen atoms in total. The van der Waals surface area contributed by atoms with Crippen LogP contribution in [0.3, 0.4) is 0 Å². The number of rotatable bonds is 7. The molecule has 0 bridgehead atoms. The van der Waals surface area contributed by atoms with E-state index in [2.05, 4.69) is 5.32 Å². The van der Waals surface area contributed by atoms with Crippen molar-refractivity contribution >= 4 is 11.6 Å². The third-order valence-electron chi connectivity index (χ3n) is 2.53. The molecule has 1 aromatic carbocycles. The molecule has 0 fully saturated rings. The third kappa shape index (κ3) is 6.14. The highest BCUT2D eigenvalue weighted by Crippen LogP contribution is 2.30. The molecule has 1 rings (SSSR count). The number of nitrogens with one attached hydrogen (secondary N) is 1. The molecule has 0 radical (unpaired) electrons. The van der Waals surface area contributed by atoms with Gasteiger partial charge in [0.1, 0.15) is 0 Å². The second kappa shape index (κ2) is 7.99. The highest BCUT2D eigenvalue weighted by molar-refractivity contribution is 5.91. The van der Waals surface area contributed by atoms with Gasteiger partial charge in [0.2, 0.25) is 5.91 Å². The lowest BCUT2D eigenvalue weighted by Crippen LogP contribution is -2.25. The van der Waals surface area contributed by atoms with Crippen LogP contribution in [-0.4, -0.2) is 25.4 Å². The van der Waals surface area contributed by atoms with Crippen LogP contribution in [-0.2, 0) is 20.4 Å². The first-order valence-electron chi connectivity index (χ1n) is 6.57. The van der Waals surface area contributed by atoms with Crippen molar-refractivity contribution in [2.75, 3.05) is 18.5 Å². The number of hydrogen-bond donors (Lipinski definition) is 1. The number of anilines is 1. The molecule has 0 spiro atoms. The van der Waals surface area contributed by atoms with Crippen LogP contribution in [0.4, 0.5) is 18.9 Å². The Kier molecular flexibility index (Phi) is 6.64. The second-order valence-electron chi connectivity index (χ2n) is 4.17. The predicted molar refractivity (Wildman–Crippen MR) is 71.7 cm³/mol. The fourth-order valence-corrected chi connectivity index (χ4v) is 1.67. The van der Waals surface area contributed by atoms with Crippen LogP contribution in [0, 0.1) is 0 Å². The maximum Gasteiger partial charge on any atom is 0.416 e. The fourth-order valence-electron chi connectivity index (χ4n) is 1.67. The summed E-state index contributed by atoms with van der Waals surface area (Å²) in [6.45, 7) is 4.27. The van der Waals surface area contributed by atoms with Crippen LogP contribution < -0.4 is 5.32 Å². The Morgan fingerprint density at radius 1 is 1.24 bits per heavy atom. The van der Waals surface area contributed by atoms with Gasteiger partial charge in [-0.25, -0.2) is 0 Å². The first kappa shape index (κ1) is 17.5. The van der Waals surface area contributed by atoms with Crippen molar-refractivity contribution in [2.45, 2.75) is 32.7 Å². The molecule has 0 aliphatic carbocycles. The molecule has 0 saturated heterocycles. The zero-order valence-corrected chi connectivity index (χ0v) is 11.9. The maximum absolute atomic E-state index is 12.6. The van der Waals surface area contributed by atoms with E-state index in [1.807, 2.05) is 0 Å². The average Bonchev–Trinajstić information content (AvgIpc) is 2.38. The minimum absolute atomic E-state index is 0.0848. The summed E-state index contributed by atoms with van der Waals surface area (Å²) in [6, 6.07) is 4.46. The predicted octanol–water partition coefficient (Wildman–Crippen LogP) is 3.43. The van der Waals surface area contributed by atoms with Gasteiger partial charge in [-0.3, -0.25) is 4.79 Å². The zero-order chi connectivity index (χ0) is 15.9. The summed E-state index contributed by atoms with van der Waals surface area (Å²) in [4.78, 5) is 11.8. The summed E-state index contributed by atoms with van der Waals surface area (Å²) < 4.78 is 48.1. The van der Waals surface area contributed by atoms with Gasteiger partial charge in [0.25, 0.3) is 0 Å². The van der Waals surface area contributed by atoms with Crippen LogP contribution in [0.15, 0.2) is 24.3 Å². The number of halogens is 3. The van der Waals surface area contributed by atoms with E-state index in [0.29, 0.717) is 13.2 Å². The summed E-state index contributed by atoms with van der Waals surface area (Å²) >= 11 is 0. The Morgan fingerprint density at radius 2 is 1.86 bits per heavy atom. The summed E-state index contributed by atoms with van der Waals surface area (Å²) in [7, 11) is 0. The quantitative estimate of drug-likeness (QED) is 0.785. The molecule has 21 heavy (non-hydrogen) atoms. The van der Waals surface area contributed by atoms with E-state index in [-0.39, 0.29) is 12.1 Å². The van der Waals surface area contributed by atoms with Crippen molar-refractivity contribution in [3.63, 3.8) is 0 Å². The highest BCUT2D eigenvalue weighted by atomic mass is 19.4. The zero-order valence-electron chi connectivity index (χ0n) is 11.9. The van der Waals surface area contributed by atoms with Gasteiger partial charge < -0.3 is 14.8 Å². The van der Waals surface area contributed by atoms with E-state index in [9.17, 15) is 18.0 Å². The van der Waals surface area contributed by atoms with Crippen molar-refractivity contribution in [3.05, 3.63) is 29.8 Å². The molecule has 118 valence electrons. The smallest absolute Gasteiger partial charge is 0.352 e. The van der Waals surface area contributed by atoms with Crippen molar-refractivity contribution in [3.8, 4) is 0 Å². The second-order valence-corrected chi connectivity index (χ2v) is 4.17. The highest BCUT2D eigenvalue weighted by Gasteiger charge is 2.30. The average molecular weight is 305 g/mol. The van der Waals surface area contributed by atoms with Crippen LogP contribution >= 0.6 is 0 Å². The molecule has 0 heterocycles. The van der Waals surface area contributed by atoms with Gasteiger partial charge in [-0.05, 0) is 32.0 Å². The van der Waals surface area contributed by atoms with Gasteiger partial charge in [-0.15, -0.1) is 0 Å². The number of ether oxygens (including phenoxy) is 2. The lowest BCUT2D eigenvalue weighted by Gasteiger charge is -2.16. The normalized spacial score (nSPS) is 11.7. The Hall–Kier alpha value is -1.60. The minimum Gasteiger partial charge on any atom is -0.352 e. The molecular formula is C14H18F3NO3. The molecule has 0 unspecified atom stereocenters. The van der Waals surface area contributed by atoms with E-state index < -0.39 is 23.9 Å². The summed E-state index contributed by atoms with van der Waals surface area (Å²) in [5.74, 6) is -0.471. The fraction of sp³-hybridized carbons (Fsp3) is 0.500. The molecule has 0 saturated carbocycles. The first-order valence-corrected chi connectivity index (χ1v) is 6.57. The number of benzene rings is 1. The minimum atomic E-state index is -4.44. The molecule has 0 atom stereocenters. The Bertz CT molecular complexity index is 457. The lowest BCUT2D eigenvalue weighted by molar-refractivity contribution is -0.150. The van der Waals surface area contributed by atoms with Gasteiger partial charge >= 0.3 is 6.18 Å². The number of alkyl halides is 3. The molecular weight excluding hydrogens is 287 g/mol. The van der Waals surface area contributed by atoms with Crippen LogP contribution in [0.2, 0.25) is 0 Å². The van der Waals surface area contributed by atoms with E-state index >= 15 is 0 Å². The van der Waals surface area contributed by atoms with Crippen molar-refractivity contribution in [1.29, 1.82) is 0 Å². The van der Waals surface area contributed by atoms with Crippen LogP contribution in [0.5, 0.6) is 0 Å². The molecule has 0 aromatic heterocycles. The van der Waals surface area contributed by atoms with Gasteiger partial charge in [0.15, 0.2) is 6.29 Å². The number of carbonyl (C=O) groups excluding carboxylic acids is 1. The molecule has 1 aromatic rings. The Morgan fingerprint density at radius 3 is 2.38 bits per heavy atom. The van der Waals surface area contributed by atoms with Gasteiger partial charge in [-0.2, -0.15) is 13.2 Å². The van der Waals surface area contributed by atoms with E-state index in [0.717, 1.165) is 12.1 Å². The van der Waals surface area contributed by atoms with E-state index in [4.69, 9.17) is 9.47 Å². The topological polar surface area (TPSA) is 47.6 Å². The molecule has 0 aliphatic rings. The molecule has 0 aliphatic heterocycles. The number of hydrogen-bond acceptors (Lipinski definition) is 3. The largest absolute Gasteiger partial charge is 0.416 e. The standard InChI is InChI=1S/C14H18F3NO3/c1-3-20-13(21-4-2)9-12(19)18-11-7-5-6-10(8-11)14(15,16)17/h5-8,13H,3-4,9H2,1-2H3,(H,18,19). The number of carbonyl (C=O) groups is 1. The third-order valence-corrected chi connectivity index (χ3v) is 2.53. The van der Waals surface area contributed by atoms with Gasteiger partial charge in [-0.1, -0.05) is 6.07 Å². The molecule has 1 N–H and O–H groups in total. The van der Waals surface area contributed by atoms with Gasteiger partial charge in [0, 0.05) is 18.9 Å². The van der Waals surface area contributed by atoms with Crippen molar-refractivity contribution < 1.29 is 27.4 Å². The van der Waals surface area contributed by atoms with Crippen LogP contribution in [0.25, 0.3) is 0 Å². The van der Waals surface area contributed by atoms with Crippen molar-refractivity contribution in [2.24, 2.45) is 0 Å². The van der Waals surface area contributed by atoms with E-state index in [1.165, 1.54) is 12.1 Å². The van der Waals surface area contributed by atoms with E-state index in [1.54, 1.807) is 13.8 Å². The Labute approximate surface area is 121 Å². The lowest BCUT2D eigenvalue weighted by atomic mass is 10.2. The molecule has 1 amide bonds. The molecule has 7 heteroatoms. The SMILES string of the molecule is CCOC(CC(=O)Nc1cccc(C(F)(F)F)c1)OCC. The van der Waals surface area contributed by atoms with Gasteiger partial charge in [0.05, 0.1) is 12.0 Å². The van der Waals surface area contributed by atoms with Crippen molar-refractivity contribution in [1.82, 2.24) is 0 Å². The summed E-state index contributed by atoms with van der Waals surface area (Å²) in [5, 5.41) is 2.40. The summed E-state index contributed by atoms with van der Waals surface area (Å²) in [5.41, 5.74) is -0.729. The first-order chi connectivity index (χ1) is 9.86. The Balaban J connectivity index is 2.66.